The van der Waals surface area contributed by atoms with Gasteiger partial charge in [0.2, 0.25) is 0 Å². The summed E-state index contributed by atoms with van der Waals surface area (Å²) in [6.45, 7) is 6.02. The lowest BCUT2D eigenvalue weighted by molar-refractivity contribution is 0.153. The molecule has 21 heavy (non-hydrogen) atoms. The number of nitrogens with zero attached hydrogens (tertiary/aromatic N) is 2. The van der Waals surface area contributed by atoms with E-state index in [-0.39, 0.29) is 0 Å². The SMILES string of the molecule is Cc1ncccc1CN1CCNCC1c1cccc(Cl)c1. The molecule has 0 spiro atoms. The largest absolute Gasteiger partial charge is 0.314 e. The third kappa shape index (κ3) is 3.43. The highest BCUT2D eigenvalue weighted by Crippen LogP contribution is 2.26. The van der Waals surface area contributed by atoms with Gasteiger partial charge in [-0.25, -0.2) is 0 Å². The number of halogens is 1. The Balaban J connectivity index is 1.83. The molecule has 0 bridgehead atoms. The third-order valence-electron chi connectivity index (χ3n) is 4.08. The Labute approximate surface area is 131 Å². The Morgan fingerprint density at radius 3 is 3.05 bits per heavy atom. The summed E-state index contributed by atoms with van der Waals surface area (Å²) in [4.78, 5) is 6.90. The van der Waals surface area contributed by atoms with Gasteiger partial charge in [0.25, 0.3) is 0 Å². The standard InChI is InChI=1S/C17H20ClN3/c1-13-15(5-3-7-20-13)12-21-9-8-19-11-17(21)14-4-2-6-16(18)10-14/h2-7,10,17,19H,8-9,11-12H2,1H3. The first-order valence-corrected chi connectivity index (χ1v) is 7.72. The smallest absolute Gasteiger partial charge is 0.0477 e. The average molecular weight is 302 g/mol. The second kappa shape index (κ2) is 6.56. The van der Waals surface area contributed by atoms with Crippen molar-refractivity contribution in [2.45, 2.75) is 19.5 Å². The summed E-state index contributed by atoms with van der Waals surface area (Å²) in [7, 11) is 0. The molecule has 2 aromatic rings. The number of piperazine rings is 1. The maximum Gasteiger partial charge on any atom is 0.0477 e. The molecule has 1 aromatic carbocycles. The maximum absolute atomic E-state index is 6.15. The van der Waals surface area contributed by atoms with Crippen LogP contribution in [0.1, 0.15) is 22.9 Å². The first kappa shape index (κ1) is 14.5. The van der Waals surface area contributed by atoms with E-state index in [1.165, 1.54) is 11.1 Å². The zero-order valence-electron chi connectivity index (χ0n) is 12.2. The quantitative estimate of drug-likeness (QED) is 0.944. The number of pyridine rings is 1. The monoisotopic (exact) mass is 301 g/mol. The second-order valence-electron chi connectivity index (χ2n) is 5.49. The van der Waals surface area contributed by atoms with Gasteiger partial charge in [-0.1, -0.05) is 29.8 Å². The minimum atomic E-state index is 0.358. The Morgan fingerprint density at radius 1 is 1.33 bits per heavy atom. The lowest BCUT2D eigenvalue weighted by atomic mass is 10.0. The fourth-order valence-corrected chi connectivity index (χ4v) is 3.08. The van der Waals surface area contributed by atoms with E-state index >= 15 is 0 Å². The maximum atomic E-state index is 6.15. The zero-order chi connectivity index (χ0) is 14.7. The van der Waals surface area contributed by atoms with E-state index in [0.717, 1.165) is 36.9 Å². The van der Waals surface area contributed by atoms with Crippen molar-refractivity contribution in [1.29, 1.82) is 0 Å². The molecular weight excluding hydrogens is 282 g/mol. The highest BCUT2D eigenvalue weighted by Gasteiger charge is 2.24. The number of aryl methyl sites for hydroxylation is 1. The van der Waals surface area contributed by atoms with Crippen LogP contribution in [-0.2, 0) is 6.54 Å². The summed E-state index contributed by atoms with van der Waals surface area (Å²) >= 11 is 6.15. The van der Waals surface area contributed by atoms with E-state index < -0.39 is 0 Å². The van der Waals surface area contributed by atoms with Crippen LogP contribution in [0.5, 0.6) is 0 Å². The molecule has 2 heterocycles. The van der Waals surface area contributed by atoms with Gasteiger partial charge >= 0.3 is 0 Å². The molecular formula is C17H20ClN3. The number of benzene rings is 1. The van der Waals surface area contributed by atoms with Crippen LogP contribution in [0.4, 0.5) is 0 Å². The van der Waals surface area contributed by atoms with Crippen LogP contribution in [0.3, 0.4) is 0 Å². The highest BCUT2D eigenvalue weighted by molar-refractivity contribution is 6.30. The van der Waals surface area contributed by atoms with Crippen LogP contribution in [0.15, 0.2) is 42.6 Å². The molecule has 1 aliphatic rings. The summed E-state index contributed by atoms with van der Waals surface area (Å²) in [6.07, 6.45) is 1.85. The molecule has 3 nitrogen and oxygen atoms in total. The van der Waals surface area contributed by atoms with E-state index in [2.05, 4.69) is 40.3 Å². The molecule has 0 amide bonds. The molecule has 1 saturated heterocycles. The molecule has 0 saturated carbocycles. The molecule has 4 heteroatoms. The molecule has 1 unspecified atom stereocenters. The second-order valence-corrected chi connectivity index (χ2v) is 5.93. The van der Waals surface area contributed by atoms with Gasteiger partial charge in [-0.3, -0.25) is 9.88 Å². The Hall–Kier alpha value is -1.42. The third-order valence-corrected chi connectivity index (χ3v) is 4.31. The molecule has 1 N–H and O–H groups in total. The summed E-state index contributed by atoms with van der Waals surface area (Å²) in [5.41, 5.74) is 3.68. The van der Waals surface area contributed by atoms with Gasteiger partial charge in [-0.05, 0) is 36.2 Å². The molecule has 1 aromatic heterocycles. The molecule has 110 valence electrons. The van der Waals surface area contributed by atoms with Crippen LogP contribution in [-0.4, -0.2) is 29.5 Å². The molecule has 0 aliphatic carbocycles. The molecule has 3 rings (SSSR count). The van der Waals surface area contributed by atoms with Crippen molar-refractivity contribution in [3.63, 3.8) is 0 Å². The van der Waals surface area contributed by atoms with Crippen LogP contribution >= 0.6 is 11.6 Å². The van der Waals surface area contributed by atoms with E-state index in [0.29, 0.717) is 6.04 Å². The topological polar surface area (TPSA) is 28.2 Å². The van der Waals surface area contributed by atoms with Gasteiger partial charge < -0.3 is 5.32 Å². The lowest BCUT2D eigenvalue weighted by Gasteiger charge is -2.36. The fourth-order valence-electron chi connectivity index (χ4n) is 2.88. The van der Waals surface area contributed by atoms with Gasteiger partial charge in [-0.2, -0.15) is 0 Å². The number of aromatic nitrogens is 1. The van der Waals surface area contributed by atoms with Crippen molar-refractivity contribution in [2.75, 3.05) is 19.6 Å². The average Bonchev–Trinajstić information content (AvgIpc) is 2.50. The fraction of sp³-hybridized carbons (Fsp3) is 0.353. The predicted octanol–water partition coefficient (Wildman–Crippen LogP) is 3.19. The van der Waals surface area contributed by atoms with Crippen molar-refractivity contribution in [3.05, 3.63) is 64.4 Å². The normalized spacial score (nSPS) is 19.6. The van der Waals surface area contributed by atoms with Gasteiger partial charge in [-0.15, -0.1) is 0 Å². The summed E-state index contributed by atoms with van der Waals surface area (Å²) in [5.74, 6) is 0. The Bertz CT molecular complexity index is 614. The molecule has 1 atom stereocenters. The molecule has 1 fully saturated rings. The van der Waals surface area contributed by atoms with Crippen LogP contribution in [0.2, 0.25) is 5.02 Å². The summed E-state index contributed by atoms with van der Waals surface area (Å²) in [6, 6.07) is 12.7. The van der Waals surface area contributed by atoms with E-state index in [1.54, 1.807) is 0 Å². The van der Waals surface area contributed by atoms with Crippen molar-refractivity contribution < 1.29 is 0 Å². The Morgan fingerprint density at radius 2 is 2.24 bits per heavy atom. The van der Waals surface area contributed by atoms with Gasteiger partial charge in [0.05, 0.1) is 0 Å². The first-order chi connectivity index (χ1) is 10.2. The highest BCUT2D eigenvalue weighted by atomic mass is 35.5. The van der Waals surface area contributed by atoms with E-state index in [1.807, 2.05) is 24.4 Å². The van der Waals surface area contributed by atoms with Crippen LogP contribution < -0.4 is 5.32 Å². The van der Waals surface area contributed by atoms with Crippen molar-refractivity contribution >= 4 is 11.6 Å². The van der Waals surface area contributed by atoms with Crippen LogP contribution in [0.25, 0.3) is 0 Å². The lowest BCUT2D eigenvalue weighted by Crippen LogP contribution is -2.45. The number of rotatable bonds is 3. The predicted molar refractivity (Wildman–Crippen MR) is 86.4 cm³/mol. The van der Waals surface area contributed by atoms with Crippen molar-refractivity contribution in [2.24, 2.45) is 0 Å². The van der Waals surface area contributed by atoms with Crippen molar-refractivity contribution in [1.82, 2.24) is 15.2 Å². The van der Waals surface area contributed by atoms with E-state index in [4.69, 9.17) is 11.6 Å². The van der Waals surface area contributed by atoms with Crippen molar-refractivity contribution in [3.8, 4) is 0 Å². The first-order valence-electron chi connectivity index (χ1n) is 7.35. The molecule has 0 radical (unpaired) electrons. The van der Waals surface area contributed by atoms with Gasteiger partial charge in [0, 0.05) is 49.1 Å². The summed E-state index contributed by atoms with van der Waals surface area (Å²) < 4.78 is 0. The minimum Gasteiger partial charge on any atom is -0.314 e. The minimum absolute atomic E-state index is 0.358. The van der Waals surface area contributed by atoms with E-state index in [9.17, 15) is 0 Å². The van der Waals surface area contributed by atoms with Gasteiger partial charge in [0.15, 0.2) is 0 Å². The zero-order valence-corrected chi connectivity index (χ0v) is 13.0. The number of hydrogen-bond acceptors (Lipinski definition) is 3. The van der Waals surface area contributed by atoms with Gasteiger partial charge in [0.1, 0.15) is 0 Å². The van der Waals surface area contributed by atoms with Crippen LogP contribution in [0, 0.1) is 6.92 Å². The summed E-state index contributed by atoms with van der Waals surface area (Å²) in [5, 5.41) is 4.28. The number of nitrogens with one attached hydrogen (secondary N) is 1. The number of hydrogen-bond donors (Lipinski definition) is 1. The molecule has 1 aliphatic heterocycles. The Kier molecular flexibility index (Phi) is 4.54.